The fourth-order valence-corrected chi connectivity index (χ4v) is 3.44. The van der Waals surface area contributed by atoms with Crippen LogP contribution in [0.4, 0.5) is 11.4 Å². The molecule has 9 heteroatoms. The van der Waals surface area contributed by atoms with Gasteiger partial charge in [-0.25, -0.2) is 4.79 Å². The van der Waals surface area contributed by atoms with Gasteiger partial charge in [0.2, 0.25) is 5.71 Å². The number of carbonyl (C=O) groups excluding carboxylic acids is 1. The minimum Gasteiger partial charge on any atom is -0.505 e. The van der Waals surface area contributed by atoms with Crippen LogP contribution in [-0.2, 0) is 9.53 Å². The lowest BCUT2D eigenvalue weighted by molar-refractivity contribution is -0.112. The highest BCUT2D eigenvalue weighted by Gasteiger charge is 2.34. The second-order valence-corrected chi connectivity index (χ2v) is 7.65. The summed E-state index contributed by atoms with van der Waals surface area (Å²) < 4.78 is 5.25. The van der Waals surface area contributed by atoms with Crippen molar-refractivity contribution in [3.05, 3.63) is 77.4 Å². The molecule has 4 rings (SSSR count). The van der Waals surface area contributed by atoms with Gasteiger partial charge in [-0.2, -0.15) is 10.1 Å². The number of amides is 1. The average Bonchev–Trinajstić information content (AvgIpc) is 3.15. The molecule has 0 saturated heterocycles. The second kappa shape index (κ2) is 9.07. The molecule has 0 saturated carbocycles. The summed E-state index contributed by atoms with van der Waals surface area (Å²) in [7, 11) is 1.39. The number of carboxylic acids is 1. The van der Waals surface area contributed by atoms with Gasteiger partial charge >= 0.3 is 11.9 Å². The summed E-state index contributed by atoms with van der Waals surface area (Å²) >= 11 is 0. The summed E-state index contributed by atoms with van der Waals surface area (Å²) in [6, 6.07) is 16.7. The summed E-state index contributed by atoms with van der Waals surface area (Å²) in [6.45, 7) is 3.92. The number of carboxylic acid groups (broad SMARTS) is 1. The van der Waals surface area contributed by atoms with E-state index in [0.29, 0.717) is 16.8 Å². The summed E-state index contributed by atoms with van der Waals surface area (Å²) in [6.07, 6.45) is 0. The number of aromatic hydroxyl groups is 1. The summed E-state index contributed by atoms with van der Waals surface area (Å²) in [4.78, 5) is 24.3. The van der Waals surface area contributed by atoms with Crippen LogP contribution in [0.3, 0.4) is 0 Å². The normalized spacial score (nSPS) is 14.3. The molecule has 3 N–H and O–H groups in total. The van der Waals surface area contributed by atoms with Crippen LogP contribution in [0.5, 0.6) is 5.75 Å². The smallest absolute Gasteiger partial charge is 0.335 e. The zero-order chi connectivity index (χ0) is 24.4. The van der Waals surface area contributed by atoms with Gasteiger partial charge in [-0.05, 0) is 60.9 Å². The molecule has 1 heterocycles. The van der Waals surface area contributed by atoms with Crippen LogP contribution < -0.4 is 10.4 Å². The van der Waals surface area contributed by atoms with Crippen molar-refractivity contribution in [3.63, 3.8) is 0 Å². The van der Waals surface area contributed by atoms with Gasteiger partial charge in [0.15, 0.2) is 0 Å². The number of nitrogens with zero attached hydrogens (tertiary/aromatic N) is 3. The third kappa shape index (κ3) is 4.18. The largest absolute Gasteiger partial charge is 0.505 e. The number of rotatable bonds is 5. The first-order chi connectivity index (χ1) is 16.3. The van der Waals surface area contributed by atoms with Crippen molar-refractivity contribution in [1.82, 2.24) is 0 Å². The number of hydrazone groups is 2. The number of hydrogen-bond donors (Lipinski definition) is 3. The molecule has 0 fully saturated rings. The topological polar surface area (TPSA) is 124 Å². The van der Waals surface area contributed by atoms with Crippen molar-refractivity contribution in [3.8, 4) is 16.9 Å². The van der Waals surface area contributed by atoms with Gasteiger partial charge in [0.1, 0.15) is 5.75 Å². The van der Waals surface area contributed by atoms with Crippen LogP contribution in [0.25, 0.3) is 11.1 Å². The van der Waals surface area contributed by atoms with E-state index in [1.807, 2.05) is 26.0 Å². The first kappa shape index (κ1) is 22.5. The highest BCUT2D eigenvalue weighted by Crippen LogP contribution is 2.36. The molecule has 9 nitrogen and oxygen atoms in total. The van der Waals surface area contributed by atoms with Crippen molar-refractivity contribution in [2.45, 2.75) is 13.8 Å². The van der Waals surface area contributed by atoms with Crippen molar-refractivity contribution in [2.75, 3.05) is 17.5 Å². The van der Waals surface area contributed by atoms with E-state index in [-0.39, 0.29) is 28.6 Å². The third-order valence-electron chi connectivity index (χ3n) is 5.46. The van der Waals surface area contributed by atoms with Crippen LogP contribution in [0.2, 0.25) is 0 Å². The van der Waals surface area contributed by atoms with E-state index in [1.165, 1.54) is 24.3 Å². The first-order valence-corrected chi connectivity index (χ1v) is 10.3. The number of carbonyl (C=O) groups is 2. The molecule has 172 valence electrons. The van der Waals surface area contributed by atoms with Crippen LogP contribution in [0, 0.1) is 13.8 Å². The standard InChI is InChI=1S/C25H22N4O5/c1-14-10-11-18(12-15(14)2)29-24(31)21(23(28-29)34-3)27-26-20-9-5-8-19(22(20)30)16-6-4-7-17(13-16)25(32)33/h4-13,26,30H,1-3H3,(H,32,33). The molecule has 0 unspecified atom stereocenters. The maximum absolute atomic E-state index is 13.0. The monoisotopic (exact) mass is 458 g/mol. The molecule has 3 aromatic carbocycles. The van der Waals surface area contributed by atoms with Crippen LogP contribution >= 0.6 is 0 Å². The van der Waals surface area contributed by atoms with Crippen molar-refractivity contribution >= 4 is 34.9 Å². The van der Waals surface area contributed by atoms with Gasteiger partial charge in [0.25, 0.3) is 5.90 Å². The Bertz CT molecular complexity index is 1360. The number of para-hydroxylation sites is 1. The predicted octanol–water partition coefficient (Wildman–Crippen LogP) is 4.15. The lowest BCUT2D eigenvalue weighted by atomic mass is 10.0. The molecule has 1 aliphatic rings. The maximum atomic E-state index is 13.0. The van der Waals surface area contributed by atoms with Gasteiger partial charge in [0, 0.05) is 5.56 Å². The number of hydrogen-bond acceptors (Lipinski definition) is 7. The molecule has 0 aliphatic carbocycles. The number of phenolic OH excluding ortho intramolecular Hbond substituents is 1. The van der Waals surface area contributed by atoms with Gasteiger partial charge in [-0.1, -0.05) is 30.3 Å². The molecule has 34 heavy (non-hydrogen) atoms. The van der Waals surface area contributed by atoms with Crippen molar-refractivity contribution < 1.29 is 24.5 Å². The van der Waals surface area contributed by atoms with E-state index < -0.39 is 11.9 Å². The Kier molecular flexibility index (Phi) is 6.01. The predicted molar refractivity (Wildman–Crippen MR) is 129 cm³/mol. The minimum atomic E-state index is -1.07. The number of aromatic carboxylic acids is 1. The number of aryl methyl sites for hydroxylation is 2. The molecular weight excluding hydrogens is 436 g/mol. The molecule has 0 atom stereocenters. The molecular formula is C25H22N4O5. The second-order valence-electron chi connectivity index (χ2n) is 7.65. The number of nitrogens with one attached hydrogen (secondary N) is 1. The average molecular weight is 458 g/mol. The highest BCUT2D eigenvalue weighted by molar-refractivity contribution is 6.70. The maximum Gasteiger partial charge on any atom is 0.335 e. The zero-order valence-electron chi connectivity index (χ0n) is 18.7. The van der Waals surface area contributed by atoms with E-state index in [4.69, 9.17) is 4.74 Å². The van der Waals surface area contributed by atoms with Gasteiger partial charge in [0.05, 0.1) is 24.0 Å². The Morgan fingerprint density at radius 1 is 1.06 bits per heavy atom. The number of benzene rings is 3. The van der Waals surface area contributed by atoms with Gasteiger partial charge in [-0.15, -0.1) is 5.10 Å². The first-order valence-electron chi connectivity index (χ1n) is 10.3. The summed E-state index contributed by atoms with van der Waals surface area (Å²) in [5.41, 5.74) is 6.57. The van der Waals surface area contributed by atoms with Crippen LogP contribution in [0.1, 0.15) is 21.5 Å². The SMILES string of the molecule is COC1=NN(c2ccc(C)c(C)c2)C(=O)C1=NNc1cccc(-c2cccc(C(=O)O)c2)c1O. The molecule has 3 aromatic rings. The van der Waals surface area contributed by atoms with E-state index in [9.17, 15) is 19.8 Å². The minimum absolute atomic E-state index is 0.0283. The van der Waals surface area contributed by atoms with Gasteiger partial charge < -0.3 is 14.9 Å². The Hall–Kier alpha value is -4.66. The lowest BCUT2D eigenvalue weighted by Crippen LogP contribution is -2.29. The zero-order valence-corrected chi connectivity index (χ0v) is 18.7. The molecule has 1 aliphatic heterocycles. The molecule has 0 aromatic heterocycles. The summed E-state index contributed by atoms with van der Waals surface area (Å²) in [5, 5.41) is 29.6. The summed E-state index contributed by atoms with van der Waals surface area (Å²) in [5.74, 6) is -1.68. The van der Waals surface area contributed by atoms with E-state index >= 15 is 0 Å². The fourth-order valence-electron chi connectivity index (χ4n) is 3.44. The van der Waals surface area contributed by atoms with E-state index in [2.05, 4.69) is 15.6 Å². The Morgan fingerprint density at radius 3 is 2.53 bits per heavy atom. The fraction of sp³-hybridized carbons (Fsp3) is 0.120. The molecule has 0 radical (unpaired) electrons. The molecule has 0 spiro atoms. The Labute approximate surface area is 195 Å². The van der Waals surface area contributed by atoms with Crippen LogP contribution in [0.15, 0.2) is 70.9 Å². The number of ether oxygens (including phenoxy) is 1. The lowest BCUT2D eigenvalue weighted by Gasteiger charge is -2.13. The van der Waals surface area contributed by atoms with E-state index in [0.717, 1.165) is 11.1 Å². The Balaban J connectivity index is 1.63. The Morgan fingerprint density at radius 2 is 1.82 bits per heavy atom. The quantitative estimate of drug-likeness (QED) is 0.390. The number of anilines is 2. The number of phenols is 1. The van der Waals surface area contributed by atoms with E-state index in [1.54, 1.807) is 36.4 Å². The van der Waals surface area contributed by atoms with Crippen LogP contribution in [-0.4, -0.2) is 40.8 Å². The molecule has 1 amide bonds. The third-order valence-corrected chi connectivity index (χ3v) is 5.46. The molecule has 0 bridgehead atoms. The number of methoxy groups -OCH3 is 1. The van der Waals surface area contributed by atoms with Gasteiger partial charge in [-0.3, -0.25) is 10.2 Å². The highest BCUT2D eigenvalue weighted by atomic mass is 16.5. The van der Waals surface area contributed by atoms with Crippen molar-refractivity contribution in [2.24, 2.45) is 10.2 Å². The van der Waals surface area contributed by atoms with Crippen molar-refractivity contribution in [1.29, 1.82) is 0 Å².